The molecule has 0 aliphatic heterocycles. The minimum Gasteiger partial charge on any atom is -0.494 e. The van der Waals surface area contributed by atoms with Gasteiger partial charge in [0, 0.05) is 6.04 Å². The zero-order valence-corrected chi connectivity index (χ0v) is 12.5. The van der Waals surface area contributed by atoms with Crippen molar-refractivity contribution >= 4 is 0 Å². The van der Waals surface area contributed by atoms with Crippen LogP contribution in [0.4, 0.5) is 4.39 Å². The molecule has 1 aromatic rings. The van der Waals surface area contributed by atoms with Crippen molar-refractivity contribution in [2.75, 3.05) is 27.7 Å². The Morgan fingerprint density at radius 1 is 1.37 bits per heavy atom. The molecule has 19 heavy (non-hydrogen) atoms. The third kappa shape index (κ3) is 3.67. The summed E-state index contributed by atoms with van der Waals surface area (Å²) in [7, 11) is 5.48. The zero-order valence-electron chi connectivity index (χ0n) is 12.5. The van der Waals surface area contributed by atoms with E-state index in [0.29, 0.717) is 6.54 Å². The molecule has 0 heterocycles. The first-order valence-electron chi connectivity index (χ1n) is 6.53. The summed E-state index contributed by atoms with van der Waals surface area (Å²) in [5, 5.41) is 0. The first kappa shape index (κ1) is 15.9. The summed E-state index contributed by atoms with van der Waals surface area (Å²) in [5.41, 5.74) is 6.61. The Balaban J connectivity index is 3.16. The number of halogens is 1. The maximum Gasteiger partial charge on any atom is 0.165 e. The number of benzene rings is 1. The lowest BCUT2D eigenvalue weighted by Gasteiger charge is -2.39. The van der Waals surface area contributed by atoms with E-state index in [1.54, 1.807) is 12.1 Å². The van der Waals surface area contributed by atoms with E-state index in [1.807, 2.05) is 20.2 Å². The lowest BCUT2D eigenvalue weighted by molar-refractivity contribution is 0.128. The van der Waals surface area contributed by atoms with Gasteiger partial charge in [-0.3, -0.25) is 0 Å². The van der Waals surface area contributed by atoms with Gasteiger partial charge in [-0.15, -0.1) is 0 Å². The Hall–Kier alpha value is -1.13. The third-order valence-electron chi connectivity index (χ3n) is 3.54. The van der Waals surface area contributed by atoms with Gasteiger partial charge in [0.25, 0.3) is 0 Å². The van der Waals surface area contributed by atoms with Crippen molar-refractivity contribution in [1.29, 1.82) is 0 Å². The monoisotopic (exact) mass is 268 g/mol. The van der Waals surface area contributed by atoms with Crippen molar-refractivity contribution < 1.29 is 9.13 Å². The molecule has 1 aromatic carbocycles. The van der Waals surface area contributed by atoms with E-state index in [4.69, 9.17) is 10.5 Å². The molecule has 0 amide bonds. The number of nitrogens with two attached hydrogens (primary N) is 1. The van der Waals surface area contributed by atoms with Crippen LogP contribution in [0.3, 0.4) is 0 Å². The van der Waals surface area contributed by atoms with Gasteiger partial charge >= 0.3 is 0 Å². The summed E-state index contributed by atoms with van der Waals surface area (Å²) in [6.07, 6.45) is 0.878. The minimum absolute atomic E-state index is 0.0285. The van der Waals surface area contributed by atoms with Crippen LogP contribution in [-0.2, 0) is 0 Å². The highest BCUT2D eigenvalue weighted by molar-refractivity contribution is 5.32. The number of nitrogens with zero attached hydrogens (tertiary/aromatic N) is 1. The fraction of sp³-hybridized carbons (Fsp3) is 0.600. The van der Waals surface area contributed by atoms with E-state index in [9.17, 15) is 4.39 Å². The zero-order chi connectivity index (χ0) is 14.6. The molecule has 1 atom stereocenters. The van der Waals surface area contributed by atoms with Crippen LogP contribution in [0, 0.1) is 11.2 Å². The first-order valence-corrected chi connectivity index (χ1v) is 6.53. The molecule has 3 nitrogen and oxygen atoms in total. The topological polar surface area (TPSA) is 38.5 Å². The molecule has 0 aliphatic rings. The normalized spacial score (nSPS) is 13.7. The predicted molar refractivity (Wildman–Crippen MR) is 76.8 cm³/mol. The third-order valence-corrected chi connectivity index (χ3v) is 3.54. The standard InChI is InChI=1S/C15H25FN2O/c1-15(2,8-9-17)14(18(3)4)11-6-7-13(19-5)12(16)10-11/h6-7,10,14H,8-9,17H2,1-5H3. The maximum absolute atomic E-state index is 13.9. The molecule has 0 aromatic heterocycles. The van der Waals surface area contributed by atoms with Crippen molar-refractivity contribution in [3.8, 4) is 5.75 Å². The summed E-state index contributed by atoms with van der Waals surface area (Å²) >= 11 is 0. The van der Waals surface area contributed by atoms with Crippen LogP contribution in [0.5, 0.6) is 5.75 Å². The summed E-state index contributed by atoms with van der Waals surface area (Å²) < 4.78 is 18.8. The second-order valence-electron chi connectivity index (χ2n) is 5.79. The molecule has 0 fully saturated rings. The molecule has 0 spiro atoms. The number of methoxy groups -OCH3 is 1. The van der Waals surface area contributed by atoms with Crippen LogP contribution < -0.4 is 10.5 Å². The Morgan fingerprint density at radius 3 is 2.42 bits per heavy atom. The summed E-state index contributed by atoms with van der Waals surface area (Å²) in [5.74, 6) is -0.0479. The summed E-state index contributed by atoms with van der Waals surface area (Å²) in [6.45, 7) is 4.94. The van der Waals surface area contributed by atoms with Gasteiger partial charge in [-0.25, -0.2) is 4.39 Å². The van der Waals surface area contributed by atoms with Gasteiger partial charge in [-0.2, -0.15) is 0 Å². The molecule has 4 heteroatoms. The van der Waals surface area contributed by atoms with Crippen molar-refractivity contribution in [1.82, 2.24) is 4.90 Å². The Kier molecular flexibility index (Phi) is 5.32. The molecule has 1 rings (SSSR count). The van der Waals surface area contributed by atoms with E-state index in [-0.39, 0.29) is 23.0 Å². The van der Waals surface area contributed by atoms with E-state index >= 15 is 0 Å². The van der Waals surface area contributed by atoms with Gasteiger partial charge in [0.2, 0.25) is 0 Å². The van der Waals surface area contributed by atoms with Gasteiger partial charge in [-0.05, 0) is 50.2 Å². The lowest BCUT2D eigenvalue weighted by atomic mass is 9.77. The predicted octanol–water partition coefficient (Wildman–Crippen LogP) is 2.81. The fourth-order valence-corrected chi connectivity index (χ4v) is 2.81. The van der Waals surface area contributed by atoms with Gasteiger partial charge in [0.15, 0.2) is 11.6 Å². The molecule has 0 bridgehead atoms. The molecule has 0 saturated heterocycles. The molecular weight excluding hydrogens is 243 g/mol. The van der Waals surface area contributed by atoms with Crippen LogP contribution >= 0.6 is 0 Å². The van der Waals surface area contributed by atoms with Crippen molar-refractivity contribution in [2.24, 2.45) is 11.1 Å². The van der Waals surface area contributed by atoms with E-state index in [2.05, 4.69) is 18.7 Å². The fourth-order valence-electron chi connectivity index (χ4n) is 2.81. The first-order chi connectivity index (χ1) is 8.83. The Labute approximate surface area is 115 Å². The van der Waals surface area contributed by atoms with Crippen LogP contribution in [-0.4, -0.2) is 32.6 Å². The van der Waals surface area contributed by atoms with Gasteiger partial charge < -0.3 is 15.4 Å². The molecule has 2 N–H and O–H groups in total. The van der Waals surface area contributed by atoms with E-state index < -0.39 is 0 Å². The average Bonchev–Trinajstić information content (AvgIpc) is 2.28. The molecule has 0 radical (unpaired) electrons. The second-order valence-corrected chi connectivity index (χ2v) is 5.79. The SMILES string of the molecule is COc1ccc(C(N(C)C)C(C)(C)CCN)cc1F. The van der Waals surface area contributed by atoms with Crippen LogP contribution in [0.15, 0.2) is 18.2 Å². The highest BCUT2D eigenvalue weighted by Crippen LogP contribution is 2.40. The van der Waals surface area contributed by atoms with Gasteiger partial charge in [-0.1, -0.05) is 19.9 Å². The molecule has 1 unspecified atom stereocenters. The van der Waals surface area contributed by atoms with Crippen LogP contribution in [0.25, 0.3) is 0 Å². The largest absolute Gasteiger partial charge is 0.494 e. The van der Waals surface area contributed by atoms with Crippen molar-refractivity contribution in [2.45, 2.75) is 26.3 Å². The minimum atomic E-state index is -0.324. The highest BCUT2D eigenvalue weighted by Gasteiger charge is 2.32. The van der Waals surface area contributed by atoms with Crippen molar-refractivity contribution in [3.63, 3.8) is 0 Å². The Bertz CT molecular complexity index is 419. The maximum atomic E-state index is 13.9. The number of hydrogen-bond donors (Lipinski definition) is 1. The molecule has 0 aliphatic carbocycles. The number of hydrogen-bond acceptors (Lipinski definition) is 3. The highest BCUT2D eigenvalue weighted by atomic mass is 19.1. The van der Waals surface area contributed by atoms with E-state index in [0.717, 1.165) is 12.0 Å². The number of ether oxygens (including phenoxy) is 1. The second kappa shape index (κ2) is 6.35. The van der Waals surface area contributed by atoms with Gasteiger partial charge in [0.05, 0.1) is 7.11 Å². The number of rotatable bonds is 6. The average molecular weight is 268 g/mol. The van der Waals surface area contributed by atoms with Gasteiger partial charge in [0.1, 0.15) is 0 Å². The van der Waals surface area contributed by atoms with Crippen LogP contribution in [0.2, 0.25) is 0 Å². The molecular formula is C15H25FN2O. The molecule has 108 valence electrons. The summed E-state index contributed by atoms with van der Waals surface area (Å²) in [4.78, 5) is 2.11. The quantitative estimate of drug-likeness (QED) is 0.862. The molecule has 0 saturated carbocycles. The van der Waals surface area contributed by atoms with Crippen LogP contribution in [0.1, 0.15) is 31.9 Å². The van der Waals surface area contributed by atoms with Crippen molar-refractivity contribution in [3.05, 3.63) is 29.6 Å². The lowest BCUT2D eigenvalue weighted by Crippen LogP contribution is -2.35. The Morgan fingerprint density at radius 2 is 2.00 bits per heavy atom. The smallest absolute Gasteiger partial charge is 0.165 e. The summed E-state index contributed by atoms with van der Waals surface area (Å²) in [6, 6.07) is 5.27. The van der Waals surface area contributed by atoms with E-state index in [1.165, 1.54) is 7.11 Å².